The molecule has 0 amide bonds. The van der Waals surface area contributed by atoms with E-state index >= 15 is 0 Å². The molecule has 0 saturated carbocycles. The average Bonchev–Trinajstić information content (AvgIpc) is 2.48. The third-order valence-corrected chi connectivity index (χ3v) is 4.64. The summed E-state index contributed by atoms with van der Waals surface area (Å²) in [7, 11) is 2.20. The highest BCUT2D eigenvalue weighted by Gasteiger charge is 2.25. The third-order valence-electron chi connectivity index (χ3n) is 4.64. The minimum atomic E-state index is 0.198. The zero-order chi connectivity index (χ0) is 15.5. The molecule has 118 valence electrons. The lowest BCUT2D eigenvalue weighted by molar-refractivity contribution is 0.0294. The van der Waals surface area contributed by atoms with Crippen LogP contribution in [-0.4, -0.2) is 37.7 Å². The first-order valence-corrected chi connectivity index (χ1v) is 8.03. The first-order chi connectivity index (χ1) is 9.93. The monoisotopic (exact) mass is 290 g/mol. The normalized spacial score (nSPS) is 19.0. The van der Waals surface area contributed by atoms with Gasteiger partial charge in [-0.2, -0.15) is 0 Å². The molecule has 1 fully saturated rings. The molecule has 1 heterocycles. The molecule has 0 spiro atoms. The quantitative estimate of drug-likeness (QED) is 0.926. The molecule has 2 N–H and O–H groups in total. The van der Waals surface area contributed by atoms with E-state index in [1.54, 1.807) is 0 Å². The van der Waals surface area contributed by atoms with Gasteiger partial charge in [-0.3, -0.25) is 4.90 Å². The zero-order valence-electron chi connectivity index (χ0n) is 13.9. The SMILES string of the molecule is CN(C1CCOCC1)C(CN)c1ccc(C(C)(C)C)cc1. The van der Waals surface area contributed by atoms with Crippen LogP contribution >= 0.6 is 0 Å². The summed E-state index contributed by atoms with van der Waals surface area (Å²) >= 11 is 0. The van der Waals surface area contributed by atoms with E-state index in [0.29, 0.717) is 18.6 Å². The fraction of sp³-hybridized carbons (Fsp3) is 0.667. The van der Waals surface area contributed by atoms with Gasteiger partial charge in [-0.25, -0.2) is 0 Å². The Kier molecular flexibility index (Phi) is 5.42. The summed E-state index contributed by atoms with van der Waals surface area (Å²) in [5.41, 5.74) is 8.95. The van der Waals surface area contributed by atoms with Crippen LogP contribution in [0.2, 0.25) is 0 Å². The number of hydrogen-bond acceptors (Lipinski definition) is 3. The second kappa shape index (κ2) is 6.91. The van der Waals surface area contributed by atoms with Crippen LogP contribution in [0.3, 0.4) is 0 Å². The van der Waals surface area contributed by atoms with Crippen molar-refractivity contribution in [2.75, 3.05) is 26.8 Å². The first-order valence-electron chi connectivity index (χ1n) is 8.03. The summed E-state index contributed by atoms with van der Waals surface area (Å²) in [5.74, 6) is 0. The Labute approximate surface area is 129 Å². The molecule has 1 unspecified atom stereocenters. The van der Waals surface area contributed by atoms with E-state index in [1.165, 1.54) is 11.1 Å². The molecule has 0 aromatic heterocycles. The maximum Gasteiger partial charge on any atom is 0.0480 e. The maximum atomic E-state index is 6.06. The van der Waals surface area contributed by atoms with E-state index < -0.39 is 0 Å². The van der Waals surface area contributed by atoms with Crippen LogP contribution in [0.1, 0.15) is 50.8 Å². The topological polar surface area (TPSA) is 38.5 Å². The molecule has 3 nitrogen and oxygen atoms in total. The van der Waals surface area contributed by atoms with Crippen molar-refractivity contribution in [2.24, 2.45) is 5.73 Å². The van der Waals surface area contributed by atoms with Gasteiger partial charge in [-0.05, 0) is 36.4 Å². The Hall–Kier alpha value is -0.900. The molecule has 2 rings (SSSR count). The van der Waals surface area contributed by atoms with E-state index in [4.69, 9.17) is 10.5 Å². The van der Waals surface area contributed by atoms with Gasteiger partial charge in [0.15, 0.2) is 0 Å². The lowest BCUT2D eigenvalue weighted by Crippen LogP contribution is -2.41. The predicted octanol–water partition coefficient (Wildman–Crippen LogP) is 3.09. The molecule has 1 saturated heterocycles. The van der Waals surface area contributed by atoms with E-state index in [0.717, 1.165) is 26.1 Å². The van der Waals surface area contributed by atoms with Crippen molar-refractivity contribution < 1.29 is 4.74 Å². The molecular weight excluding hydrogens is 260 g/mol. The third kappa shape index (κ3) is 4.06. The van der Waals surface area contributed by atoms with Gasteiger partial charge in [0.25, 0.3) is 0 Å². The highest BCUT2D eigenvalue weighted by Crippen LogP contribution is 2.28. The number of nitrogens with two attached hydrogens (primary N) is 1. The number of likely N-dealkylation sites (N-methyl/N-ethyl adjacent to an activating group) is 1. The molecule has 3 heteroatoms. The number of hydrogen-bond donors (Lipinski definition) is 1. The van der Waals surface area contributed by atoms with Gasteiger partial charge in [-0.1, -0.05) is 45.0 Å². The Balaban J connectivity index is 2.12. The Morgan fingerprint density at radius 1 is 1.19 bits per heavy atom. The highest BCUT2D eigenvalue weighted by atomic mass is 16.5. The van der Waals surface area contributed by atoms with Gasteiger partial charge >= 0.3 is 0 Å². The molecular formula is C18H30N2O. The first kappa shape index (κ1) is 16.5. The minimum Gasteiger partial charge on any atom is -0.381 e. The molecule has 0 radical (unpaired) electrons. The van der Waals surface area contributed by atoms with Crippen LogP contribution in [0.25, 0.3) is 0 Å². The average molecular weight is 290 g/mol. The van der Waals surface area contributed by atoms with Crippen molar-refractivity contribution in [3.05, 3.63) is 35.4 Å². The van der Waals surface area contributed by atoms with Crippen LogP contribution in [-0.2, 0) is 10.2 Å². The summed E-state index contributed by atoms with van der Waals surface area (Å²) in [5, 5.41) is 0. The number of nitrogens with zero attached hydrogens (tertiary/aromatic N) is 1. The van der Waals surface area contributed by atoms with Crippen molar-refractivity contribution in [1.82, 2.24) is 4.90 Å². The van der Waals surface area contributed by atoms with Crippen LogP contribution in [0.15, 0.2) is 24.3 Å². The van der Waals surface area contributed by atoms with Crippen LogP contribution in [0, 0.1) is 0 Å². The predicted molar refractivity (Wildman–Crippen MR) is 88.5 cm³/mol. The van der Waals surface area contributed by atoms with E-state index in [1.807, 2.05) is 0 Å². The molecule has 21 heavy (non-hydrogen) atoms. The summed E-state index contributed by atoms with van der Waals surface area (Å²) < 4.78 is 5.46. The minimum absolute atomic E-state index is 0.198. The van der Waals surface area contributed by atoms with Gasteiger partial charge in [-0.15, -0.1) is 0 Å². The highest BCUT2D eigenvalue weighted by molar-refractivity contribution is 5.29. The lowest BCUT2D eigenvalue weighted by atomic mass is 9.86. The van der Waals surface area contributed by atoms with Crippen LogP contribution < -0.4 is 5.73 Å². The standard InChI is InChI=1S/C18H30N2O/c1-18(2,3)15-7-5-14(6-8-15)17(13-19)20(4)16-9-11-21-12-10-16/h5-8,16-17H,9-13,19H2,1-4H3. The molecule has 1 aliphatic heterocycles. The Bertz CT molecular complexity index is 430. The van der Waals surface area contributed by atoms with Gasteiger partial charge in [0, 0.05) is 31.8 Å². The number of benzene rings is 1. The largest absolute Gasteiger partial charge is 0.381 e. The fourth-order valence-corrected chi connectivity index (χ4v) is 3.09. The molecule has 1 aliphatic rings. The van der Waals surface area contributed by atoms with E-state index in [-0.39, 0.29) is 5.41 Å². The second-order valence-corrected chi connectivity index (χ2v) is 7.13. The van der Waals surface area contributed by atoms with Gasteiger partial charge in [0.2, 0.25) is 0 Å². The van der Waals surface area contributed by atoms with E-state index in [2.05, 4.69) is 57.0 Å². The van der Waals surface area contributed by atoms with Crippen molar-refractivity contribution in [1.29, 1.82) is 0 Å². The molecule has 1 aromatic carbocycles. The summed E-state index contributed by atoms with van der Waals surface area (Å²) in [6.45, 7) is 9.14. The maximum absolute atomic E-state index is 6.06. The number of rotatable bonds is 4. The van der Waals surface area contributed by atoms with Crippen molar-refractivity contribution in [2.45, 2.75) is 51.1 Å². The van der Waals surface area contributed by atoms with Gasteiger partial charge in [0.05, 0.1) is 0 Å². The van der Waals surface area contributed by atoms with Gasteiger partial charge < -0.3 is 10.5 Å². The molecule has 0 bridgehead atoms. The smallest absolute Gasteiger partial charge is 0.0480 e. The van der Waals surface area contributed by atoms with Crippen molar-refractivity contribution in [3.63, 3.8) is 0 Å². The fourth-order valence-electron chi connectivity index (χ4n) is 3.09. The Morgan fingerprint density at radius 2 is 1.76 bits per heavy atom. The van der Waals surface area contributed by atoms with E-state index in [9.17, 15) is 0 Å². The van der Waals surface area contributed by atoms with Gasteiger partial charge in [0.1, 0.15) is 0 Å². The molecule has 1 atom stereocenters. The van der Waals surface area contributed by atoms with Crippen molar-refractivity contribution >= 4 is 0 Å². The number of ether oxygens (including phenoxy) is 1. The summed E-state index contributed by atoms with van der Waals surface area (Å²) in [6, 6.07) is 9.85. The summed E-state index contributed by atoms with van der Waals surface area (Å²) in [4.78, 5) is 2.44. The van der Waals surface area contributed by atoms with Crippen LogP contribution in [0.4, 0.5) is 0 Å². The molecule has 0 aliphatic carbocycles. The Morgan fingerprint density at radius 3 is 2.24 bits per heavy atom. The zero-order valence-corrected chi connectivity index (χ0v) is 13.9. The molecule has 1 aromatic rings. The lowest BCUT2D eigenvalue weighted by Gasteiger charge is -2.37. The van der Waals surface area contributed by atoms with Crippen molar-refractivity contribution in [3.8, 4) is 0 Å². The summed E-state index contributed by atoms with van der Waals surface area (Å²) in [6.07, 6.45) is 2.21. The van der Waals surface area contributed by atoms with Crippen LogP contribution in [0.5, 0.6) is 0 Å². The second-order valence-electron chi connectivity index (χ2n) is 7.13.